The van der Waals surface area contributed by atoms with E-state index >= 15 is 0 Å². The number of carbonyl (C=O) groups is 2. The monoisotopic (exact) mass is 585 g/mol. The molecule has 0 aromatic heterocycles. The Balaban J connectivity index is 1.42. The van der Waals surface area contributed by atoms with Crippen LogP contribution >= 0.6 is 0 Å². The number of hydrogen-bond donors (Lipinski definition) is 1. The van der Waals surface area contributed by atoms with Crippen LogP contribution in [0.25, 0.3) is 5.76 Å². The zero-order chi connectivity index (χ0) is 30.0. The Morgan fingerprint density at radius 3 is 2.00 bits per heavy atom. The Morgan fingerprint density at radius 1 is 0.857 bits per heavy atom. The highest BCUT2D eigenvalue weighted by Crippen LogP contribution is 2.32. The fraction of sp³-hybridized carbons (Fsp3) is 0.714. The van der Waals surface area contributed by atoms with E-state index in [1.165, 1.54) is 69.9 Å². The summed E-state index contributed by atoms with van der Waals surface area (Å²) in [7, 11) is 0. The average Bonchev–Trinajstić information content (AvgIpc) is 3.00. The third-order valence-corrected chi connectivity index (χ3v) is 9.22. The fourth-order valence-electron chi connectivity index (χ4n) is 6.50. The Labute approximate surface area is 254 Å². The van der Waals surface area contributed by atoms with E-state index in [0.717, 1.165) is 77.7 Å². The highest BCUT2D eigenvalue weighted by Gasteiger charge is 2.44. The first-order chi connectivity index (χ1) is 20.4. The van der Waals surface area contributed by atoms with E-state index in [1.807, 2.05) is 6.08 Å². The predicted molar refractivity (Wildman–Crippen MR) is 169 cm³/mol. The molecule has 2 saturated heterocycles. The Hall–Kier alpha value is -2.25. The van der Waals surface area contributed by atoms with Crippen molar-refractivity contribution in [2.45, 2.75) is 128 Å². The number of hydrogen-bond acceptors (Lipinski definition) is 5. The zero-order valence-electron chi connectivity index (χ0n) is 26.2. The topological polar surface area (TPSA) is 75.9 Å². The molecule has 3 rings (SSSR count). The van der Waals surface area contributed by atoms with Crippen LogP contribution < -0.4 is 5.73 Å². The highest BCUT2D eigenvalue weighted by atomic mass is 19.1. The molecule has 0 radical (unpaired) electrons. The number of esters is 1. The van der Waals surface area contributed by atoms with Crippen molar-refractivity contribution in [1.29, 1.82) is 0 Å². The van der Waals surface area contributed by atoms with Crippen molar-refractivity contribution >= 4 is 17.6 Å². The van der Waals surface area contributed by atoms with Gasteiger partial charge in [0.1, 0.15) is 17.1 Å². The molecular weight excluding hydrogens is 529 g/mol. The molecule has 2 heterocycles. The lowest BCUT2D eigenvalue weighted by atomic mass is 9.83. The van der Waals surface area contributed by atoms with Gasteiger partial charge in [0.05, 0.1) is 0 Å². The average molecular weight is 586 g/mol. The number of halogens is 1. The van der Waals surface area contributed by atoms with Gasteiger partial charge in [0.25, 0.3) is 0 Å². The van der Waals surface area contributed by atoms with E-state index in [-0.39, 0.29) is 17.7 Å². The van der Waals surface area contributed by atoms with Crippen LogP contribution in [0, 0.1) is 5.82 Å². The summed E-state index contributed by atoms with van der Waals surface area (Å²) in [6.07, 6.45) is 21.6. The van der Waals surface area contributed by atoms with Crippen molar-refractivity contribution < 1.29 is 18.7 Å². The number of primary amides is 1. The molecule has 1 amide bonds. The van der Waals surface area contributed by atoms with Crippen LogP contribution in [0.15, 0.2) is 30.3 Å². The van der Waals surface area contributed by atoms with Gasteiger partial charge in [-0.3, -0.25) is 14.5 Å². The summed E-state index contributed by atoms with van der Waals surface area (Å²) < 4.78 is 19.4. The summed E-state index contributed by atoms with van der Waals surface area (Å²) in [5, 5.41) is 0. The van der Waals surface area contributed by atoms with E-state index in [2.05, 4.69) is 16.7 Å². The second-order valence-electron chi connectivity index (χ2n) is 12.4. The minimum atomic E-state index is -0.518. The maximum Gasteiger partial charge on any atom is 0.311 e. The molecule has 0 aliphatic carbocycles. The van der Waals surface area contributed by atoms with E-state index < -0.39 is 5.54 Å². The van der Waals surface area contributed by atoms with Crippen molar-refractivity contribution in [3.05, 3.63) is 41.7 Å². The summed E-state index contributed by atoms with van der Waals surface area (Å²) in [6.45, 7) is 6.60. The van der Waals surface area contributed by atoms with Crippen LogP contribution in [-0.4, -0.2) is 59.9 Å². The zero-order valence-corrected chi connectivity index (χ0v) is 26.2. The van der Waals surface area contributed by atoms with E-state index in [9.17, 15) is 14.0 Å². The molecule has 2 aliphatic rings. The number of piperidine rings is 2. The largest absolute Gasteiger partial charge is 0.426 e. The van der Waals surface area contributed by atoms with Gasteiger partial charge in [0.2, 0.25) is 5.91 Å². The Kier molecular flexibility index (Phi) is 15.6. The van der Waals surface area contributed by atoms with Crippen LogP contribution in [0.4, 0.5) is 4.39 Å². The summed E-state index contributed by atoms with van der Waals surface area (Å²) in [5.41, 5.74) is 6.14. The normalized spacial score (nSPS) is 18.2. The lowest BCUT2D eigenvalue weighted by Crippen LogP contribution is -2.63. The number of amides is 1. The third kappa shape index (κ3) is 11.4. The molecule has 0 unspecified atom stereocenters. The number of rotatable bonds is 19. The van der Waals surface area contributed by atoms with Crippen molar-refractivity contribution in [3.63, 3.8) is 0 Å². The minimum absolute atomic E-state index is 0.188. The smallest absolute Gasteiger partial charge is 0.311 e. The van der Waals surface area contributed by atoms with Crippen molar-refractivity contribution in [2.24, 2.45) is 5.73 Å². The van der Waals surface area contributed by atoms with Crippen LogP contribution in [0.3, 0.4) is 0 Å². The second-order valence-corrected chi connectivity index (χ2v) is 12.4. The maximum absolute atomic E-state index is 13.6. The number of benzene rings is 1. The van der Waals surface area contributed by atoms with Crippen molar-refractivity contribution in [2.75, 3.05) is 32.7 Å². The third-order valence-electron chi connectivity index (χ3n) is 9.22. The lowest BCUT2D eigenvalue weighted by Gasteiger charge is -2.48. The van der Waals surface area contributed by atoms with E-state index in [4.69, 9.17) is 10.5 Å². The van der Waals surface area contributed by atoms with Crippen LogP contribution in [0.5, 0.6) is 0 Å². The summed E-state index contributed by atoms with van der Waals surface area (Å²) >= 11 is 0. The maximum atomic E-state index is 13.6. The molecule has 2 fully saturated rings. The molecule has 2 N–H and O–H groups in total. The Bertz CT molecular complexity index is 951. The molecule has 236 valence electrons. The number of likely N-dealkylation sites (tertiary alicyclic amines) is 2. The van der Waals surface area contributed by atoms with Crippen molar-refractivity contribution in [1.82, 2.24) is 9.80 Å². The van der Waals surface area contributed by atoms with Crippen LogP contribution in [0.2, 0.25) is 0 Å². The Morgan fingerprint density at radius 2 is 1.43 bits per heavy atom. The second kappa shape index (κ2) is 19.1. The van der Waals surface area contributed by atoms with Gasteiger partial charge in [-0.25, -0.2) is 4.39 Å². The lowest BCUT2D eigenvalue weighted by molar-refractivity contribution is -0.137. The van der Waals surface area contributed by atoms with Gasteiger partial charge >= 0.3 is 5.97 Å². The van der Waals surface area contributed by atoms with Crippen LogP contribution in [-0.2, 0) is 14.3 Å². The molecule has 6 nitrogen and oxygen atoms in total. The van der Waals surface area contributed by atoms with E-state index in [1.54, 1.807) is 12.1 Å². The predicted octanol–water partition coefficient (Wildman–Crippen LogP) is 7.61. The number of unbranched alkanes of at least 4 members (excludes halogenated alkanes) is 10. The molecule has 0 atom stereocenters. The van der Waals surface area contributed by atoms with Crippen molar-refractivity contribution in [3.8, 4) is 0 Å². The fourth-order valence-corrected chi connectivity index (χ4v) is 6.50. The van der Waals surface area contributed by atoms with Gasteiger partial charge in [-0.05, 0) is 82.0 Å². The quantitative estimate of drug-likeness (QED) is 0.103. The molecule has 1 aromatic rings. The SMILES string of the molecule is CCCCCCCCCCCCCC(=O)O/C(=C\CCN1CCC(C(N)=O)(N2CCCCC2)CC1)c1ccc(F)cc1. The van der Waals surface area contributed by atoms with Gasteiger partial charge in [-0.1, -0.05) is 77.6 Å². The van der Waals surface area contributed by atoms with Gasteiger partial charge in [0.15, 0.2) is 0 Å². The van der Waals surface area contributed by atoms with Gasteiger partial charge < -0.3 is 15.4 Å². The molecule has 0 bridgehead atoms. The number of ether oxygens (including phenoxy) is 1. The molecule has 2 aliphatic heterocycles. The number of carbonyl (C=O) groups excluding carboxylic acids is 2. The summed E-state index contributed by atoms with van der Waals surface area (Å²) in [6, 6.07) is 6.12. The van der Waals surface area contributed by atoms with Gasteiger partial charge in [0, 0.05) is 31.6 Å². The van der Waals surface area contributed by atoms with Crippen LogP contribution in [0.1, 0.15) is 128 Å². The first-order valence-electron chi connectivity index (χ1n) is 16.9. The summed E-state index contributed by atoms with van der Waals surface area (Å²) in [4.78, 5) is 29.9. The van der Waals surface area contributed by atoms with E-state index in [0.29, 0.717) is 24.2 Å². The molecule has 42 heavy (non-hydrogen) atoms. The highest BCUT2D eigenvalue weighted by molar-refractivity contribution is 5.85. The molecular formula is C35H56FN3O3. The standard InChI is InChI=1S/C35H56FN3O3/c1-2-3-4-5-6-7-8-9-10-11-13-18-33(40)42-32(30-19-21-31(36)22-20-30)17-16-25-38-28-23-35(24-29-38,34(37)41)39-26-14-12-15-27-39/h17,19-22H,2-16,18,23-29H2,1H3,(H2,37,41)/b32-17-. The van der Waals surface area contributed by atoms with Gasteiger partial charge in [-0.2, -0.15) is 0 Å². The minimum Gasteiger partial charge on any atom is -0.426 e. The number of nitrogens with two attached hydrogens (primary N) is 1. The van der Waals surface area contributed by atoms with Gasteiger partial charge in [-0.15, -0.1) is 0 Å². The summed E-state index contributed by atoms with van der Waals surface area (Å²) in [5.74, 6) is -0.232. The molecule has 1 aromatic carbocycles. The molecule has 0 saturated carbocycles. The first-order valence-corrected chi connectivity index (χ1v) is 16.9. The number of nitrogens with zero attached hydrogens (tertiary/aromatic N) is 2. The molecule has 0 spiro atoms. The first kappa shape index (κ1) is 34.2. The molecule has 7 heteroatoms.